The summed E-state index contributed by atoms with van der Waals surface area (Å²) in [4.78, 5) is 0. The van der Waals surface area contributed by atoms with Gasteiger partial charge in [0.05, 0.1) is 0 Å². The first-order valence-corrected chi connectivity index (χ1v) is 5.37. The van der Waals surface area contributed by atoms with Gasteiger partial charge >= 0.3 is 0 Å². The van der Waals surface area contributed by atoms with Crippen LogP contribution in [0.4, 0.5) is 0 Å². The molecule has 0 atom stereocenters. The van der Waals surface area contributed by atoms with E-state index in [1.54, 1.807) is 0 Å². The Morgan fingerprint density at radius 3 is 3.00 bits per heavy atom. The first kappa shape index (κ1) is 9.75. The molecular weight excluding hydrogens is 194 g/mol. The third-order valence-electron chi connectivity index (χ3n) is 2.63. The fraction of sp³-hybridized carbons (Fsp3) is 0.333. The van der Waals surface area contributed by atoms with Crippen molar-refractivity contribution in [1.29, 1.82) is 0 Å². The molecule has 1 aliphatic rings. The van der Waals surface area contributed by atoms with Crippen molar-refractivity contribution >= 4 is 17.2 Å². The number of halogens is 1. The second kappa shape index (κ2) is 4.16. The van der Waals surface area contributed by atoms with Gasteiger partial charge in [-0.2, -0.15) is 0 Å². The molecule has 0 unspecified atom stereocenters. The lowest BCUT2D eigenvalue weighted by Gasteiger charge is -2.01. The summed E-state index contributed by atoms with van der Waals surface area (Å²) in [6.45, 7) is 0.729. The van der Waals surface area contributed by atoms with E-state index < -0.39 is 0 Å². The van der Waals surface area contributed by atoms with Crippen molar-refractivity contribution in [2.24, 2.45) is 5.73 Å². The van der Waals surface area contributed by atoms with Gasteiger partial charge in [0.25, 0.3) is 0 Å². The molecule has 74 valence electrons. The van der Waals surface area contributed by atoms with Gasteiger partial charge in [0, 0.05) is 5.02 Å². The number of fused-ring (bicyclic) bond motifs is 1. The van der Waals surface area contributed by atoms with E-state index in [4.69, 9.17) is 17.3 Å². The van der Waals surface area contributed by atoms with Crippen molar-refractivity contribution in [3.8, 4) is 0 Å². The molecule has 2 heteroatoms. The highest BCUT2D eigenvalue weighted by Crippen LogP contribution is 2.33. The van der Waals surface area contributed by atoms with Gasteiger partial charge < -0.3 is 5.73 Å². The molecule has 0 saturated carbocycles. The van der Waals surface area contributed by atoms with Crippen LogP contribution in [0.5, 0.6) is 0 Å². The van der Waals surface area contributed by atoms with E-state index in [0.717, 1.165) is 30.8 Å². The van der Waals surface area contributed by atoms with Crippen LogP contribution in [0.15, 0.2) is 24.3 Å². The van der Waals surface area contributed by atoms with Crippen LogP contribution in [0.2, 0.25) is 5.02 Å². The van der Waals surface area contributed by atoms with E-state index in [9.17, 15) is 0 Å². The maximum absolute atomic E-state index is 5.94. The van der Waals surface area contributed by atoms with Crippen molar-refractivity contribution in [1.82, 2.24) is 0 Å². The fourth-order valence-corrected chi connectivity index (χ4v) is 2.15. The molecule has 2 rings (SSSR count). The fourth-order valence-electron chi connectivity index (χ4n) is 1.96. The van der Waals surface area contributed by atoms with Crippen LogP contribution < -0.4 is 5.73 Å². The zero-order chi connectivity index (χ0) is 9.97. The molecule has 0 bridgehead atoms. The maximum atomic E-state index is 5.94. The Hall–Kier alpha value is -0.790. The predicted molar refractivity (Wildman–Crippen MR) is 61.4 cm³/mol. The van der Waals surface area contributed by atoms with Crippen LogP contribution in [0.25, 0.3) is 5.57 Å². The van der Waals surface area contributed by atoms with Crippen LogP contribution in [0.1, 0.15) is 24.0 Å². The zero-order valence-corrected chi connectivity index (χ0v) is 8.85. The van der Waals surface area contributed by atoms with Gasteiger partial charge in [-0.3, -0.25) is 0 Å². The minimum Gasteiger partial charge on any atom is -0.330 e. The summed E-state index contributed by atoms with van der Waals surface area (Å²) in [5, 5.41) is 0.837. The second-order valence-corrected chi connectivity index (χ2v) is 4.04. The normalized spacial score (nSPS) is 17.4. The van der Waals surface area contributed by atoms with E-state index in [0.29, 0.717) is 0 Å². The molecule has 1 aromatic rings. The Morgan fingerprint density at radius 2 is 2.21 bits per heavy atom. The van der Waals surface area contributed by atoms with Crippen LogP contribution >= 0.6 is 11.6 Å². The quantitative estimate of drug-likeness (QED) is 0.793. The van der Waals surface area contributed by atoms with Gasteiger partial charge in [-0.15, -0.1) is 0 Å². The van der Waals surface area contributed by atoms with Gasteiger partial charge in [-0.05, 0) is 54.6 Å². The second-order valence-electron chi connectivity index (χ2n) is 3.61. The molecule has 0 saturated heterocycles. The van der Waals surface area contributed by atoms with Crippen molar-refractivity contribution in [3.63, 3.8) is 0 Å². The number of rotatable bonds is 2. The SMILES string of the molecule is NCC/C=C1/CCc2cc(Cl)ccc21. The summed E-state index contributed by atoms with van der Waals surface area (Å²) in [6.07, 6.45) is 5.47. The molecule has 0 heterocycles. The molecular formula is C12H14ClN. The Morgan fingerprint density at radius 1 is 1.36 bits per heavy atom. The van der Waals surface area contributed by atoms with Gasteiger partial charge in [0.1, 0.15) is 0 Å². The number of aryl methyl sites for hydroxylation is 1. The number of benzene rings is 1. The highest BCUT2D eigenvalue weighted by molar-refractivity contribution is 6.30. The lowest BCUT2D eigenvalue weighted by Crippen LogP contribution is -1.95. The minimum absolute atomic E-state index is 0.729. The van der Waals surface area contributed by atoms with Crippen molar-refractivity contribution < 1.29 is 0 Å². The van der Waals surface area contributed by atoms with E-state index >= 15 is 0 Å². The number of nitrogens with two attached hydrogens (primary N) is 1. The molecule has 14 heavy (non-hydrogen) atoms. The third kappa shape index (κ3) is 1.84. The molecule has 0 aliphatic heterocycles. The van der Waals surface area contributed by atoms with Crippen molar-refractivity contribution in [2.75, 3.05) is 6.54 Å². The summed E-state index contributed by atoms with van der Waals surface area (Å²) in [6, 6.07) is 6.15. The van der Waals surface area contributed by atoms with E-state index in [2.05, 4.69) is 18.2 Å². The molecule has 0 spiro atoms. The van der Waals surface area contributed by atoms with Gasteiger partial charge in [0.2, 0.25) is 0 Å². The van der Waals surface area contributed by atoms with Gasteiger partial charge in [0.15, 0.2) is 0 Å². The summed E-state index contributed by atoms with van der Waals surface area (Å²) < 4.78 is 0. The monoisotopic (exact) mass is 207 g/mol. The molecule has 0 fully saturated rings. The summed E-state index contributed by atoms with van der Waals surface area (Å²) in [5.41, 5.74) is 9.66. The Labute approximate surface area is 89.6 Å². The van der Waals surface area contributed by atoms with Crippen LogP contribution in [0.3, 0.4) is 0 Å². The van der Waals surface area contributed by atoms with Crippen molar-refractivity contribution in [2.45, 2.75) is 19.3 Å². The summed E-state index contributed by atoms with van der Waals surface area (Å²) in [7, 11) is 0. The van der Waals surface area contributed by atoms with Gasteiger partial charge in [-0.25, -0.2) is 0 Å². The highest BCUT2D eigenvalue weighted by atomic mass is 35.5. The molecule has 1 aromatic carbocycles. The third-order valence-corrected chi connectivity index (χ3v) is 2.87. The lowest BCUT2D eigenvalue weighted by molar-refractivity contribution is 1.000. The molecule has 1 nitrogen and oxygen atoms in total. The Balaban J connectivity index is 2.31. The number of allylic oxidation sites excluding steroid dienone is 1. The van der Waals surface area contributed by atoms with Crippen LogP contribution in [0, 0.1) is 0 Å². The molecule has 0 aromatic heterocycles. The summed E-state index contributed by atoms with van der Waals surface area (Å²) >= 11 is 5.94. The highest BCUT2D eigenvalue weighted by Gasteiger charge is 2.15. The standard InChI is InChI=1S/C12H14ClN/c13-11-5-6-12-9(2-1-7-14)3-4-10(12)8-11/h2,5-6,8H,1,3-4,7,14H2/b9-2-. The first-order valence-electron chi connectivity index (χ1n) is 4.99. The van der Waals surface area contributed by atoms with E-state index in [1.165, 1.54) is 16.7 Å². The molecule has 2 N–H and O–H groups in total. The first-order chi connectivity index (χ1) is 6.81. The average Bonchev–Trinajstić information content (AvgIpc) is 2.57. The predicted octanol–water partition coefficient (Wildman–Crippen LogP) is 3.02. The number of hydrogen-bond donors (Lipinski definition) is 1. The van der Waals surface area contributed by atoms with E-state index in [-0.39, 0.29) is 0 Å². The minimum atomic E-state index is 0.729. The molecule has 0 radical (unpaired) electrons. The lowest BCUT2D eigenvalue weighted by atomic mass is 10.1. The van der Waals surface area contributed by atoms with Gasteiger partial charge in [-0.1, -0.05) is 23.7 Å². The van der Waals surface area contributed by atoms with Crippen molar-refractivity contribution in [3.05, 3.63) is 40.4 Å². The topological polar surface area (TPSA) is 26.0 Å². The molecule has 0 amide bonds. The molecule has 1 aliphatic carbocycles. The zero-order valence-electron chi connectivity index (χ0n) is 8.09. The number of hydrogen-bond acceptors (Lipinski definition) is 1. The average molecular weight is 208 g/mol. The Bertz CT molecular complexity index is 369. The van der Waals surface area contributed by atoms with Crippen LogP contribution in [-0.2, 0) is 6.42 Å². The largest absolute Gasteiger partial charge is 0.330 e. The smallest absolute Gasteiger partial charge is 0.0409 e. The maximum Gasteiger partial charge on any atom is 0.0409 e. The van der Waals surface area contributed by atoms with Crippen LogP contribution in [-0.4, -0.2) is 6.54 Å². The van der Waals surface area contributed by atoms with E-state index in [1.807, 2.05) is 6.07 Å². The summed E-state index contributed by atoms with van der Waals surface area (Å²) in [5.74, 6) is 0. The Kier molecular flexibility index (Phi) is 2.90.